The van der Waals surface area contributed by atoms with Crippen molar-refractivity contribution < 1.29 is 24.5 Å². The van der Waals surface area contributed by atoms with Crippen molar-refractivity contribution in [1.82, 2.24) is 0 Å². The van der Waals surface area contributed by atoms with Crippen molar-refractivity contribution in [3.63, 3.8) is 0 Å². The normalized spacial score (nSPS) is 12.3. The van der Waals surface area contributed by atoms with Gasteiger partial charge in [-0.25, -0.2) is 9.59 Å². The molecule has 0 amide bonds. The van der Waals surface area contributed by atoms with Gasteiger partial charge in [0, 0.05) is 0 Å². The number of rotatable bonds is 6. The second-order valence-electron chi connectivity index (χ2n) is 3.48. The number of carboxylic acid groups (broad SMARTS) is 2. The zero-order valence-electron chi connectivity index (χ0n) is 9.11. The van der Waals surface area contributed by atoms with Gasteiger partial charge in [0.1, 0.15) is 0 Å². The van der Waals surface area contributed by atoms with Crippen LogP contribution in [0, 0.1) is 5.92 Å². The van der Waals surface area contributed by atoms with Crippen LogP contribution in [0.4, 0.5) is 0 Å². The average molecular weight is 216 g/mol. The van der Waals surface area contributed by atoms with Crippen LogP contribution in [0.15, 0.2) is 11.3 Å². The maximum absolute atomic E-state index is 10.8. The minimum atomic E-state index is -1.34. The summed E-state index contributed by atoms with van der Waals surface area (Å²) in [5, 5.41) is 17.5. The predicted octanol–water partition coefficient (Wildman–Crippen LogP) is 1.49. The number of aliphatic carboxylic acids is 2. The molecule has 0 aliphatic carbocycles. The van der Waals surface area contributed by atoms with Gasteiger partial charge in [-0.1, -0.05) is 20.8 Å². The Hall–Kier alpha value is -1.52. The molecule has 5 heteroatoms. The molecule has 0 fully saturated rings. The molecule has 0 atom stereocenters. The molecule has 0 unspecified atom stereocenters. The molecule has 2 N–H and O–H groups in total. The van der Waals surface area contributed by atoms with Crippen LogP contribution < -0.4 is 0 Å². The molecular formula is C10H16O5. The molecule has 0 aliphatic heterocycles. The smallest absolute Gasteiger partial charge is 0.371 e. The molecule has 0 aromatic carbocycles. The van der Waals surface area contributed by atoms with Crippen molar-refractivity contribution >= 4 is 11.9 Å². The first kappa shape index (κ1) is 13.5. The highest BCUT2D eigenvalue weighted by Crippen LogP contribution is 2.12. The van der Waals surface area contributed by atoms with Crippen LogP contribution >= 0.6 is 0 Å². The van der Waals surface area contributed by atoms with Crippen molar-refractivity contribution in [1.29, 1.82) is 0 Å². The van der Waals surface area contributed by atoms with E-state index in [2.05, 4.69) is 0 Å². The Morgan fingerprint density at radius 2 is 1.73 bits per heavy atom. The number of hydrogen-bond donors (Lipinski definition) is 2. The summed E-state index contributed by atoms with van der Waals surface area (Å²) >= 11 is 0. The quantitative estimate of drug-likeness (QED) is 0.519. The van der Waals surface area contributed by atoms with Crippen molar-refractivity contribution in [2.75, 3.05) is 6.61 Å². The summed E-state index contributed by atoms with van der Waals surface area (Å²) in [4.78, 5) is 21.5. The van der Waals surface area contributed by atoms with Gasteiger partial charge in [-0.15, -0.1) is 0 Å². The van der Waals surface area contributed by atoms with Gasteiger partial charge in [-0.05, 0) is 12.3 Å². The third-order valence-corrected chi connectivity index (χ3v) is 1.64. The van der Waals surface area contributed by atoms with E-state index < -0.39 is 17.7 Å². The van der Waals surface area contributed by atoms with Crippen LogP contribution in [0.3, 0.4) is 0 Å². The van der Waals surface area contributed by atoms with E-state index in [9.17, 15) is 9.59 Å². The predicted molar refractivity (Wildman–Crippen MR) is 53.4 cm³/mol. The molecule has 0 radical (unpaired) electrons. The monoisotopic (exact) mass is 216 g/mol. The summed E-state index contributed by atoms with van der Waals surface area (Å²) in [5.74, 6) is -2.90. The van der Waals surface area contributed by atoms with Gasteiger partial charge < -0.3 is 14.9 Å². The fraction of sp³-hybridized carbons (Fsp3) is 0.600. The third kappa shape index (κ3) is 4.49. The molecule has 0 aliphatic rings. The Morgan fingerprint density at radius 3 is 2.00 bits per heavy atom. The standard InChI is InChI=1S/C10H16O5/c1-4-7(9(11)12)8(10(13)14)15-5-6(2)3/h6H,4-5H2,1-3H3,(H,11,12)(H,13,14)/b8-7+. The number of carbonyl (C=O) groups is 2. The van der Waals surface area contributed by atoms with Gasteiger partial charge in [0.25, 0.3) is 0 Å². The molecule has 0 saturated carbocycles. The number of hydrogen-bond acceptors (Lipinski definition) is 3. The molecule has 15 heavy (non-hydrogen) atoms. The number of carboxylic acids is 2. The van der Waals surface area contributed by atoms with Crippen LogP contribution in [0.25, 0.3) is 0 Å². The third-order valence-electron chi connectivity index (χ3n) is 1.64. The van der Waals surface area contributed by atoms with Gasteiger partial charge in [0.05, 0.1) is 12.2 Å². The molecule has 0 bridgehead atoms. The highest BCUT2D eigenvalue weighted by atomic mass is 16.5. The second kappa shape index (κ2) is 6.06. The van der Waals surface area contributed by atoms with E-state index in [1.165, 1.54) is 0 Å². The van der Waals surface area contributed by atoms with Crippen molar-refractivity contribution in [2.24, 2.45) is 5.92 Å². The topological polar surface area (TPSA) is 83.8 Å². The molecule has 0 rings (SSSR count). The Balaban J connectivity index is 4.91. The molecular weight excluding hydrogens is 200 g/mol. The van der Waals surface area contributed by atoms with E-state index >= 15 is 0 Å². The van der Waals surface area contributed by atoms with Crippen LogP contribution in [0.2, 0.25) is 0 Å². The first-order chi connectivity index (χ1) is 6.90. The summed E-state index contributed by atoms with van der Waals surface area (Å²) in [6.07, 6.45) is 0.120. The summed E-state index contributed by atoms with van der Waals surface area (Å²) in [7, 11) is 0. The average Bonchev–Trinajstić information content (AvgIpc) is 2.10. The van der Waals surface area contributed by atoms with Gasteiger partial charge in [0.2, 0.25) is 5.76 Å². The lowest BCUT2D eigenvalue weighted by molar-refractivity contribution is -0.139. The fourth-order valence-corrected chi connectivity index (χ4v) is 0.937. The lowest BCUT2D eigenvalue weighted by Gasteiger charge is -2.11. The van der Waals surface area contributed by atoms with Crippen molar-refractivity contribution in [3.05, 3.63) is 11.3 Å². The molecule has 0 aromatic heterocycles. The molecule has 0 saturated heterocycles. The van der Waals surface area contributed by atoms with E-state index in [0.717, 1.165) is 0 Å². The van der Waals surface area contributed by atoms with E-state index in [0.29, 0.717) is 0 Å². The van der Waals surface area contributed by atoms with E-state index in [-0.39, 0.29) is 24.5 Å². The summed E-state index contributed by atoms with van der Waals surface area (Å²) in [6, 6.07) is 0. The Morgan fingerprint density at radius 1 is 1.20 bits per heavy atom. The van der Waals surface area contributed by atoms with Crippen LogP contribution in [-0.2, 0) is 14.3 Å². The zero-order chi connectivity index (χ0) is 12.0. The van der Waals surface area contributed by atoms with E-state index in [1.807, 2.05) is 13.8 Å². The minimum absolute atomic E-state index is 0.120. The maximum Gasteiger partial charge on any atom is 0.371 e. The molecule has 0 heterocycles. The fourth-order valence-electron chi connectivity index (χ4n) is 0.937. The SMILES string of the molecule is CC/C(C(=O)O)=C(\OCC(C)C)C(=O)O. The van der Waals surface area contributed by atoms with Crippen LogP contribution in [0.5, 0.6) is 0 Å². The van der Waals surface area contributed by atoms with Crippen LogP contribution in [0.1, 0.15) is 27.2 Å². The summed E-state index contributed by atoms with van der Waals surface area (Å²) < 4.78 is 4.98. The minimum Gasteiger partial charge on any atom is -0.486 e. The van der Waals surface area contributed by atoms with Crippen molar-refractivity contribution in [3.8, 4) is 0 Å². The van der Waals surface area contributed by atoms with E-state index in [1.54, 1.807) is 6.92 Å². The number of ether oxygens (including phenoxy) is 1. The van der Waals surface area contributed by atoms with Gasteiger partial charge in [-0.2, -0.15) is 0 Å². The summed E-state index contributed by atoms with van der Waals surface area (Å²) in [6.45, 7) is 5.47. The zero-order valence-corrected chi connectivity index (χ0v) is 9.11. The Bertz CT molecular complexity index is 278. The lowest BCUT2D eigenvalue weighted by Crippen LogP contribution is -2.15. The second-order valence-corrected chi connectivity index (χ2v) is 3.48. The molecule has 0 aromatic rings. The maximum atomic E-state index is 10.8. The van der Waals surface area contributed by atoms with E-state index in [4.69, 9.17) is 14.9 Å². The largest absolute Gasteiger partial charge is 0.486 e. The van der Waals surface area contributed by atoms with Gasteiger partial charge in [0.15, 0.2) is 0 Å². The highest BCUT2D eigenvalue weighted by molar-refractivity contribution is 5.97. The first-order valence-corrected chi connectivity index (χ1v) is 4.72. The Labute approximate surface area is 88.4 Å². The summed E-state index contributed by atoms with van der Waals surface area (Å²) in [5.41, 5.74) is -0.205. The molecule has 0 spiro atoms. The van der Waals surface area contributed by atoms with Gasteiger partial charge >= 0.3 is 11.9 Å². The lowest BCUT2D eigenvalue weighted by atomic mass is 10.1. The van der Waals surface area contributed by atoms with Crippen LogP contribution in [-0.4, -0.2) is 28.8 Å². The Kier molecular flexibility index (Phi) is 5.44. The highest BCUT2D eigenvalue weighted by Gasteiger charge is 2.20. The molecule has 5 nitrogen and oxygen atoms in total. The van der Waals surface area contributed by atoms with Crippen molar-refractivity contribution in [2.45, 2.75) is 27.2 Å². The first-order valence-electron chi connectivity index (χ1n) is 4.72. The molecule has 86 valence electrons. The van der Waals surface area contributed by atoms with Gasteiger partial charge in [-0.3, -0.25) is 0 Å².